The van der Waals surface area contributed by atoms with Gasteiger partial charge in [0.15, 0.2) is 0 Å². The molecule has 0 saturated carbocycles. The molecular weight excluding hydrogens is 324 g/mol. The molecule has 1 heterocycles. The van der Waals surface area contributed by atoms with Gasteiger partial charge in [0.1, 0.15) is 5.75 Å². The highest BCUT2D eigenvalue weighted by Crippen LogP contribution is 2.13. The minimum absolute atomic E-state index is 0.310. The van der Waals surface area contributed by atoms with Crippen molar-refractivity contribution in [3.63, 3.8) is 0 Å². The summed E-state index contributed by atoms with van der Waals surface area (Å²) in [6.07, 6.45) is 3.98. The topological polar surface area (TPSA) is 35.9 Å². The van der Waals surface area contributed by atoms with Crippen molar-refractivity contribution in [2.45, 2.75) is 12.6 Å². The smallest absolute Gasteiger partial charge is 0.118 e. The van der Waals surface area contributed by atoms with Crippen LogP contribution in [0.4, 0.5) is 0 Å². The molecule has 1 N–H and O–H groups in total. The Bertz CT molecular complexity index is 685. The van der Waals surface area contributed by atoms with Gasteiger partial charge in [-0.15, -0.1) is 0 Å². The lowest BCUT2D eigenvalue weighted by atomic mass is 10.2. The number of hydrogen-bond acceptors (Lipinski definition) is 4. The summed E-state index contributed by atoms with van der Waals surface area (Å²) in [6, 6.07) is 18.5. The van der Waals surface area contributed by atoms with Gasteiger partial charge < -0.3 is 9.84 Å². The van der Waals surface area contributed by atoms with Crippen LogP contribution in [0.25, 0.3) is 6.08 Å². The van der Waals surface area contributed by atoms with Crippen molar-refractivity contribution in [3.8, 4) is 5.75 Å². The predicted octanol–water partition coefficient (Wildman–Crippen LogP) is 2.89. The molecule has 0 unspecified atom stereocenters. The highest BCUT2D eigenvalue weighted by molar-refractivity contribution is 5.50. The highest BCUT2D eigenvalue weighted by Gasteiger charge is 2.20. The van der Waals surface area contributed by atoms with Crippen LogP contribution in [0.5, 0.6) is 5.75 Å². The van der Waals surface area contributed by atoms with Crippen molar-refractivity contribution in [3.05, 3.63) is 71.8 Å². The van der Waals surface area contributed by atoms with E-state index in [2.05, 4.69) is 46.2 Å². The number of rotatable bonds is 6. The largest absolute Gasteiger partial charge is 0.497 e. The molecule has 0 aliphatic carbocycles. The first kappa shape index (κ1) is 18.6. The fraction of sp³-hybridized carbons (Fsp3) is 0.364. The molecule has 1 fully saturated rings. The van der Waals surface area contributed by atoms with Crippen molar-refractivity contribution in [1.29, 1.82) is 0 Å². The van der Waals surface area contributed by atoms with Crippen LogP contribution in [-0.2, 0) is 6.54 Å². The third kappa shape index (κ3) is 5.70. The van der Waals surface area contributed by atoms with Gasteiger partial charge in [-0.05, 0) is 23.3 Å². The molecule has 2 aromatic rings. The number of aliphatic hydroxyl groups excluding tert-OH is 1. The van der Waals surface area contributed by atoms with Crippen molar-refractivity contribution in [2.75, 3.05) is 39.8 Å². The fourth-order valence-corrected chi connectivity index (χ4v) is 3.32. The van der Waals surface area contributed by atoms with Crippen LogP contribution in [0.3, 0.4) is 0 Å². The van der Waals surface area contributed by atoms with Gasteiger partial charge in [-0.25, -0.2) is 0 Å². The Morgan fingerprint density at radius 1 is 1.00 bits per heavy atom. The van der Waals surface area contributed by atoms with Gasteiger partial charge in [0, 0.05) is 39.3 Å². The first-order valence-electron chi connectivity index (χ1n) is 9.20. The van der Waals surface area contributed by atoms with E-state index in [0.29, 0.717) is 0 Å². The summed E-state index contributed by atoms with van der Waals surface area (Å²) in [4.78, 5) is 4.66. The standard InChI is InChI=1S/C22H28N2O2/c1-26-22-11-9-19(10-12-22)8-5-13-23-14-15-24(18-21(25)17-23)16-20-6-3-2-4-7-20/h2-12,21,25H,13-18H2,1H3/b8-5+/t21-/m1/s1. The molecular formula is C22H28N2O2. The summed E-state index contributed by atoms with van der Waals surface area (Å²) in [5.41, 5.74) is 2.46. The molecule has 26 heavy (non-hydrogen) atoms. The summed E-state index contributed by atoms with van der Waals surface area (Å²) in [6.45, 7) is 5.14. The average molecular weight is 352 g/mol. The number of methoxy groups -OCH3 is 1. The van der Waals surface area contributed by atoms with Crippen molar-refractivity contribution in [1.82, 2.24) is 9.80 Å². The number of nitrogens with zero attached hydrogens (tertiary/aromatic N) is 2. The lowest BCUT2D eigenvalue weighted by Crippen LogP contribution is -2.33. The van der Waals surface area contributed by atoms with E-state index < -0.39 is 0 Å². The van der Waals surface area contributed by atoms with Crippen LogP contribution in [-0.4, -0.2) is 60.8 Å². The first-order chi connectivity index (χ1) is 12.7. The molecule has 4 heteroatoms. The van der Waals surface area contributed by atoms with E-state index in [4.69, 9.17) is 4.74 Å². The van der Waals surface area contributed by atoms with E-state index in [1.165, 1.54) is 5.56 Å². The third-order valence-corrected chi connectivity index (χ3v) is 4.71. The van der Waals surface area contributed by atoms with Crippen molar-refractivity contribution >= 4 is 6.08 Å². The van der Waals surface area contributed by atoms with Gasteiger partial charge in [0.25, 0.3) is 0 Å². The summed E-state index contributed by atoms with van der Waals surface area (Å²) < 4.78 is 5.18. The molecule has 0 spiro atoms. The molecule has 2 aromatic carbocycles. The fourth-order valence-electron chi connectivity index (χ4n) is 3.32. The first-order valence-corrected chi connectivity index (χ1v) is 9.20. The van der Waals surface area contributed by atoms with Crippen molar-refractivity contribution < 1.29 is 9.84 Å². The molecule has 3 rings (SSSR count). The molecule has 4 nitrogen and oxygen atoms in total. The second kappa shape index (κ2) is 9.53. The number of aliphatic hydroxyl groups is 1. The van der Waals surface area contributed by atoms with E-state index >= 15 is 0 Å². The van der Waals surface area contributed by atoms with E-state index in [9.17, 15) is 5.11 Å². The van der Waals surface area contributed by atoms with Gasteiger partial charge in [-0.2, -0.15) is 0 Å². The normalized spacial score (nSPS) is 19.5. The van der Waals surface area contributed by atoms with E-state index in [1.807, 2.05) is 30.3 Å². The maximum Gasteiger partial charge on any atom is 0.118 e. The molecule has 0 radical (unpaired) electrons. The van der Waals surface area contributed by atoms with Crippen LogP contribution >= 0.6 is 0 Å². The minimum atomic E-state index is -0.310. The third-order valence-electron chi connectivity index (χ3n) is 4.71. The van der Waals surface area contributed by atoms with Crippen LogP contribution in [0.2, 0.25) is 0 Å². The Hall–Kier alpha value is -2.14. The quantitative estimate of drug-likeness (QED) is 0.867. The minimum Gasteiger partial charge on any atom is -0.497 e. The Kier molecular flexibility index (Phi) is 6.83. The van der Waals surface area contributed by atoms with Gasteiger partial charge in [0.05, 0.1) is 13.2 Å². The van der Waals surface area contributed by atoms with Gasteiger partial charge in [0.2, 0.25) is 0 Å². The second-order valence-corrected chi connectivity index (χ2v) is 6.81. The zero-order valence-corrected chi connectivity index (χ0v) is 15.4. The number of hydrogen-bond donors (Lipinski definition) is 1. The van der Waals surface area contributed by atoms with Gasteiger partial charge in [-0.1, -0.05) is 54.6 Å². The molecule has 0 aromatic heterocycles. The summed E-state index contributed by atoms with van der Waals surface area (Å²) in [5, 5.41) is 10.4. The monoisotopic (exact) mass is 352 g/mol. The number of ether oxygens (including phenoxy) is 1. The van der Waals surface area contributed by atoms with Gasteiger partial charge in [-0.3, -0.25) is 9.80 Å². The highest BCUT2D eigenvalue weighted by atomic mass is 16.5. The average Bonchev–Trinajstić information content (AvgIpc) is 2.84. The Morgan fingerprint density at radius 3 is 2.42 bits per heavy atom. The summed E-state index contributed by atoms with van der Waals surface area (Å²) in [7, 11) is 1.68. The van der Waals surface area contributed by atoms with Gasteiger partial charge >= 0.3 is 0 Å². The molecule has 1 aliphatic heterocycles. The zero-order valence-electron chi connectivity index (χ0n) is 15.4. The molecule has 0 bridgehead atoms. The van der Waals surface area contributed by atoms with E-state index in [1.54, 1.807) is 7.11 Å². The maximum absolute atomic E-state index is 10.4. The zero-order chi connectivity index (χ0) is 18.2. The summed E-state index contributed by atoms with van der Waals surface area (Å²) >= 11 is 0. The molecule has 1 saturated heterocycles. The van der Waals surface area contributed by atoms with E-state index in [0.717, 1.165) is 50.6 Å². The predicted molar refractivity (Wildman–Crippen MR) is 106 cm³/mol. The molecule has 1 aliphatic rings. The molecule has 1 atom stereocenters. The molecule has 138 valence electrons. The number of benzene rings is 2. The lowest BCUT2D eigenvalue weighted by Gasteiger charge is -2.21. The Labute approximate surface area is 156 Å². The molecule has 0 amide bonds. The maximum atomic E-state index is 10.4. The van der Waals surface area contributed by atoms with Crippen molar-refractivity contribution in [2.24, 2.45) is 0 Å². The van der Waals surface area contributed by atoms with Crippen LogP contribution < -0.4 is 4.74 Å². The SMILES string of the molecule is COc1ccc(/C=C/CN2CCN(Cc3ccccc3)C[C@H](O)C2)cc1. The van der Waals surface area contributed by atoms with E-state index in [-0.39, 0.29) is 6.10 Å². The van der Waals surface area contributed by atoms with Crippen LogP contribution in [0, 0.1) is 0 Å². The van der Waals surface area contributed by atoms with Crippen LogP contribution in [0.1, 0.15) is 11.1 Å². The second-order valence-electron chi connectivity index (χ2n) is 6.81. The summed E-state index contributed by atoms with van der Waals surface area (Å²) in [5.74, 6) is 0.872. The number of β-amino-alcohol motifs (C(OH)–C–C–N with tert-alkyl or cyclic N) is 1. The Morgan fingerprint density at radius 2 is 1.69 bits per heavy atom. The lowest BCUT2D eigenvalue weighted by molar-refractivity contribution is 0.110. The van der Waals surface area contributed by atoms with Crippen LogP contribution in [0.15, 0.2) is 60.7 Å². The Balaban J connectivity index is 1.50.